The van der Waals surface area contributed by atoms with Crippen LogP contribution in [0.25, 0.3) is 0 Å². The summed E-state index contributed by atoms with van der Waals surface area (Å²) in [6.07, 6.45) is 3.10. The molecule has 0 atom stereocenters. The zero-order valence-corrected chi connectivity index (χ0v) is 12.0. The van der Waals surface area contributed by atoms with Crippen LogP contribution < -0.4 is 5.32 Å². The van der Waals surface area contributed by atoms with Crippen molar-refractivity contribution in [1.29, 1.82) is 0 Å². The molecule has 2 aromatic rings. The second kappa shape index (κ2) is 8.04. The first-order chi connectivity index (χ1) is 9.38. The molecule has 5 nitrogen and oxygen atoms in total. The van der Waals surface area contributed by atoms with Crippen LogP contribution >= 0.6 is 11.3 Å². The Morgan fingerprint density at radius 1 is 1.47 bits per heavy atom. The monoisotopic (exact) mass is 280 g/mol. The molecule has 1 N–H and O–H groups in total. The SMILES string of the molecule is CCCNCc1cn(CCOCc2cccs2)nn1. The summed E-state index contributed by atoms with van der Waals surface area (Å²) in [5.74, 6) is 0. The Labute approximate surface area is 117 Å². The molecule has 0 spiro atoms. The first-order valence-electron chi connectivity index (χ1n) is 6.58. The van der Waals surface area contributed by atoms with E-state index in [-0.39, 0.29) is 0 Å². The van der Waals surface area contributed by atoms with Gasteiger partial charge in [0.25, 0.3) is 0 Å². The maximum atomic E-state index is 5.60. The number of nitrogens with one attached hydrogen (secondary N) is 1. The molecule has 19 heavy (non-hydrogen) atoms. The molecule has 2 heterocycles. The Hall–Kier alpha value is -1.24. The fourth-order valence-corrected chi connectivity index (χ4v) is 2.29. The highest BCUT2D eigenvalue weighted by atomic mass is 32.1. The van der Waals surface area contributed by atoms with E-state index in [1.165, 1.54) is 4.88 Å². The van der Waals surface area contributed by atoms with E-state index in [1.54, 1.807) is 11.3 Å². The molecule has 0 saturated carbocycles. The topological polar surface area (TPSA) is 52.0 Å². The molecule has 0 aliphatic heterocycles. The van der Waals surface area contributed by atoms with Gasteiger partial charge in [-0.25, -0.2) is 4.68 Å². The first-order valence-corrected chi connectivity index (χ1v) is 7.46. The third-order valence-corrected chi connectivity index (χ3v) is 3.46. The highest BCUT2D eigenvalue weighted by Crippen LogP contribution is 2.09. The smallest absolute Gasteiger partial charge is 0.0964 e. The van der Waals surface area contributed by atoms with Crippen LogP contribution in [0.15, 0.2) is 23.7 Å². The van der Waals surface area contributed by atoms with Crippen LogP contribution in [-0.4, -0.2) is 28.1 Å². The van der Waals surface area contributed by atoms with Gasteiger partial charge in [0.15, 0.2) is 0 Å². The lowest BCUT2D eigenvalue weighted by Gasteiger charge is -2.02. The van der Waals surface area contributed by atoms with Crippen LogP contribution in [0.1, 0.15) is 23.9 Å². The van der Waals surface area contributed by atoms with Crippen molar-refractivity contribution in [3.05, 3.63) is 34.3 Å². The zero-order valence-electron chi connectivity index (χ0n) is 11.2. The van der Waals surface area contributed by atoms with Gasteiger partial charge in [0.05, 0.1) is 25.5 Å². The molecule has 0 aliphatic rings. The van der Waals surface area contributed by atoms with Crippen molar-refractivity contribution >= 4 is 11.3 Å². The van der Waals surface area contributed by atoms with Crippen molar-refractivity contribution in [2.45, 2.75) is 33.0 Å². The lowest BCUT2D eigenvalue weighted by atomic mass is 10.4. The second-order valence-electron chi connectivity index (χ2n) is 4.28. The summed E-state index contributed by atoms with van der Waals surface area (Å²) in [5, 5.41) is 13.6. The third kappa shape index (κ3) is 5.10. The van der Waals surface area contributed by atoms with E-state index in [1.807, 2.05) is 16.9 Å². The molecule has 0 aromatic carbocycles. The Morgan fingerprint density at radius 3 is 3.21 bits per heavy atom. The van der Waals surface area contributed by atoms with E-state index < -0.39 is 0 Å². The predicted molar refractivity (Wildman–Crippen MR) is 76.0 cm³/mol. The van der Waals surface area contributed by atoms with Crippen LogP contribution in [0.3, 0.4) is 0 Å². The van der Waals surface area contributed by atoms with Gasteiger partial charge in [-0.1, -0.05) is 18.2 Å². The highest BCUT2D eigenvalue weighted by Gasteiger charge is 2.00. The highest BCUT2D eigenvalue weighted by molar-refractivity contribution is 7.09. The van der Waals surface area contributed by atoms with Crippen molar-refractivity contribution in [3.63, 3.8) is 0 Å². The first kappa shape index (κ1) is 14.2. The average Bonchev–Trinajstić information content (AvgIpc) is 3.06. The molecule has 0 fully saturated rings. The fourth-order valence-electron chi connectivity index (χ4n) is 1.65. The molecule has 0 bridgehead atoms. The summed E-state index contributed by atoms with van der Waals surface area (Å²) in [5.41, 5.74) is 0.978. The van der Waals surface area contributed by atoms with E-state index in [4.69, 9.17) is 4.74 Å². The number of hydrogen-bond acceptors (Lipinski definition) is 5. The average molecular weight is 280 g/mol. The molecule has 0 saturated heterocycles. The lowest BCUT2D eigenvalue weighted by molar-refractivity contribution is 0.112. The van der Waals surface area contributed by atoms with Crippen LogP contribution in [0, 0.1) is 0 Å². The number of rotatable bonds is 9. The maximum absolute atomic E-state index is 5.60. The quantitative estimate of drug-likeness (QED) is 0.714. The van der Waals surface area contributed by atoms with Gasteiger partial charge in [0, 0.05) is 17.6 Å². The van der Waals surface area contributed by atoms with E-state index in [0.29, 0.717) is 13.2 Å². The van der Waals surface area contributed by atoms with Gasteiger partial charge in [0.2, 0.25) is 0 Å². The van der Waals surface area contributed by atoms with Gasteiger partial charge in [-0.05, 0) is 24.4 Å². The van der Waals surface area contributed by atoms with Crippen molar-refractivity contribution in [2.75, 3.05) is 13.2 Å². The van der Waals surface area contributed by atoms with E-state index in [9.17, 15) is 0 Å². The fraction of sp³-hybridized carbons (Fsp3) is 0.538. The maximum Gasteiger partial charge on any atom is 0.0964 e. The minimum absolute atomic E-state index is 0.656. The Bertz CT molecular complexity index is 455. The molecule has 0 aliphatic carbocycles. The Morgan fingerprint density at radius 2 is 2.42 bits per heavy atom. The summed E-state index contributed by atoms with van der Waals surface area (Å²) in [6.45, 7) is 6.02. The molecule has 6 heteroatoms. The van der Waals surface area contributed by atoms with Gasteiger partial charge in [0.1, 0.15) is 0 Å². The van der Waals surface area contributed by atoms with Crippen LogP contribution in [-0.2, 0) is 24.4 Å². The normalized spacial score (nSPS) is 11.0. The van der Waals surface area contributed by atoms with Crippen molar-refractivity contribution < 1.29 is 4.74 Å². The Kier molecular flexibility index (Phi) is 6.00. The minimum Gasteiger partial charge on any atom is -0.374 e. The van der Waals surface area contributed by atoms with E-state index in [0.717, 1.165) is 31.7 Å². The predicted octanol–water partition coefficient (Wildman–Crippen LogP) is 2.06. The summed E-state index contributed by atoms with van der Waals surface area (Å²) in [6, 6.07) is 4.12. The number of nitrogens with zero attached hydrogens (tertiary/aromatic N) is 3. The van der Waals surface area contributed by atoms with Crippen LogP contribution in [0.5, 0.6) is 0 Å². The number of hydrogen-bond donors (Lipinski definition) is 1. The van der Waals surface area contributed by atoms with Gasteiger partial charge >= 0.3 is 0 Å². The largest absolute Gasteiger partial charge is 0.374 e. The summed E-state index contributed by atoms with van der Waals surface area (Å²) < 4.78 is 7.43. The molecule has 104 valence electrons. The molecular formula is C13H20N4OS. The molecule has 0 radical (unpaired) electrons. The van der Waals surface area contributed by atoms with Gasteiger partial charge in [-0.15, -0.1) is 16.4 Å². The standard InChI is InChI=1S/C13H20N4OS/c1-2-5-14-9-12-10-17(16-15-12)6-7-18-11-13-4-3-8-19-13/h3-4,8,10,14H,2,5-7,9,11H2,1H3. The van der Waals surface area contributed by atoms with Gasteiger partial charge in [-0.2, -0.15) is 0 Å². The van der Waals surface area contributed by atoms with Crippen molar-refractivity contribution in [2.24, 2.45) is 0 Å². The molecular weight excluding hydrogens is 260 g/mol. The van der Waals surface area contributed by atoms with Gasteiger partial charge in [-0.3, -0.25) is 0 Å². The minimum atomic E-state index is 0.656. The Balaban J connectivity index is 1.63. The van der Waals surface area contributed by atoms with Crippen molar-refractivity contribution in [3.8, 4) is 0 Å². The van der Waals surface area contributed by atoms with Crippen LogP contribution in [0.4, 0.5) is 0 Å². The van der Waals surface area contributed by atoms with E-state index >= 15 is 0 Å². The molecule has 2 aromatic heterocycles. The third-order valence-electron chi connectivity index (χ3n) is 2.61. The number of ether oxygens (including phenoxy) is 1. The van der Waals surface area contributed by atoms with Gasteiger partial charge < -0.3 is 10.1 Å². The number of thiophene rings is 1. The molecule has 0 amide bonds. The number of aromatic nitrogens is 3. The zero-order chi connectivity index (χ0) is 13.3. The second-order valence-corrected chi connectivity index (χ2v) is 5.31. The van der Waals surface area contributed by atoms with E-state index in [2.05, 4.69) is 34.0 Å². The molecule has 2 rings (SSSR count). The molecule has 0 unspecified atom stereocenters. The summed E-state index contributed by atoms with van der Waals surface area (Å²) in [4.78, 5) is 1.25. The summed E-state index contributed by atoms with van der Waals surface area (Å²) in [7, 11) is 0. The lowest BCUT2D eigenvalue weighted by Crippen LogP contribution is -2.14. The summed E-state index contributed by atoms with van der Waals surface area (Å²) >= 11 is 1.72. The van der Waals surface area contributed by atoms with Crippen molar-refractivity contribution in [1.82, 2.24) is 20.3 Å². The van der Waals surface area contributed by atoms with Crippen LogP contribution in [0.2, 0.25) is 0 Å².